The molecule has 0 aliphatic heterocycles. The number of halogens is 1. The van der Waals surface area contributed by atoms with Crippen LogP contribution < -0.4 is 0 Å². The molecule has 0 radical (unpaired) electrons. The Balaban J connectivity index is 2.49. The van der Waals surface area contributed by atoms with Gasteiger partial charge in [-0.05, 0) is 28.7 Å². The lowest BCUT2D eigenvalue weighted by molar-refractivity contribution is 0.112. The van der Waals surface area contributed by atoms with Crippen LogP contribution in [0.5, 0.6) is 0 Å². The Labute approximate surface area is 106 Å². The topological polar surface area (TPSA) is 17.1 Å². The third-order valence-corrected chi connectivity index (χ3v) is 3.06. The molecule has 0 saturated heterocycles. The number of hydrogen-bond acceptors (Lipinski definition) is 1. The first-order valence-electron chi connectivity index (χ1n) is 5.97. The van der Waals surface area contributed by atoms with E-state index < -0.39 is 5.82 Å². The lowest BCUT2D eigenvalue weighted by atomic mass is 9.96. The number of hydrogen-bond donors (Lipinski definition) is 0. The summed E-state index contributed by atoms with van der Waals surface area (Å²) in [7, 11) is 0. The predicted molar refractivity (Wildman–Crippen MR) is 71.3 cm³/mol. The number of carbonyl (C=O) groups excluding carboxylic acids is 1. The largest absolute Gasteiger partial charge is 0.298 e. The zero-order valence-corrected chi connectivity index (χ0v) is 10.5. The van der Waals surface area contributed by atoms with Gasteiger partial charge in [0.2, 0.25) is 0 Å². The third kappa shape index (κ3) is 2.33. The zero-order valence-electron chi connectivity index (χ0n) is 10.5. The molecule has 2 heteroatoms. The van der Waals surface area contributed by atoms with E-state index in [1.54, 1.807) is 12.1 Å². The Morgan fingerprint density at radius 3 is 2.28 bits per heavy atom. The normalized spacial score (nSPS) is 10.7. The quantitative estimate of drug-likeness (QED) is 0.728. The molecule has 0 spiro atoms. The minimum atomic E-state index is -0.476. The first-order chi connectivity index (χ1) is 8.63. The van der Waals surface area contributed by atoms with Gasteiger partial charge >= 0.3 is 0 Å². The van der Waals surface area contributed by atoms with Crippen LogP contribution in [0.1, 0.15) is 35.7 Å². The van der Waals surface area contributed by atoms with Crippen LogP contribution in [0.25, 0.3) is 11.1 Å². The second kappa shape index (κ2) is 5.13. The molecule has 0 bridgehead atoms. The molecule has 0 amide bonds. The van der Waals surface area contributed by atoms with Crippen LogP contribution in [0.4, 0.5) is 4.39 Å². The van der Waals surface area contributed by atoms with E-state index in [0.717, 1.165) is 5.56 Å². The van der Waals surface area contributed by atoms with Crippen LogP contribution in [-0.2, 0) is 0 Å². The Morgan fingerprint density at radius 2 is 1.72 bits per heavy atom. The molecule has 0 unspecified atom stereocenters. The predicted octanol–water partition coefficient (Wildman–Crippen LogP) is 4.43. The smallest absolute Gasteiger partial charge is 0.153 e. The Bertz CT molecular complexity index is 556. The van der Waals surface area contributed by atoms with E-state index in [0.29, 0.717) is 17.8 Å². The SMILES string of the molecule is CC(C)c1ccc(-c2cccc(F)c2C=O)cc1. The van der Waals surface area contributed by atoms with E-state index >= 15 is 0 Å². The van der Waals surface area contributed by atoms with E-state index in [9.17, 15) is 9.18 Å². The minimum Gasteiger partial charge on any atom is -0.298 e. The molecule has 0 N–H and O–H groups in total. The zero-order chi connectivity index (χ0) is 13.1. The fraction of sp³-hybridized carbons (Fsp3) is 0.188. The van der Waals surface area contributed by atoms with Gasteiger partial charge in [0.25, 0.3) is 0 Å². The summed E-state index contributed by atoms with van der Waals surface area (Å²) in [5.74, 6) is -0.0208. The number of rotatable bonds is 3. The summed E-state index contributed by atoms with van der Waals surface area (Å²) < 4.78 is 13.5. The van der Waals surface area contributed by atoms with Gasteiger partial charge in [0, 0.05) is 0 Å². The summed E-state index contributed by atoms with van der Waals surface area (Å²) in [6, 6.07) is 12.6. The van der Waals surface area contributed by atoms with Crippen molar-refractivity contribution in [3.05, 3.63) is 59.4 Å². The van der Waals surface area contributed by atoms with Crippen molar-refractivity contribution in [2.75, 3.05) is 0 Å². The van der Waals surface area contributed by atoms with Gasteiger partial charge in [-0.1, -0.05) is 50.2 Å². The monoisotopic (exact) mass is 242 g/mol. The molecular weight excluding hydrogens is 227 g/mol. The van der Waals surface area contributed by atoms with E-state index in [-0.39, 0.29) is 5.56 Å². The van der Waals surface area contributed by atoms with Crippen LogP contribution in [0.2, 0.25) is 0 Å². The highest BCUT2D eigenvalue weighted by molar-refractivity contribution is 5.87. The molecule has 0 aliphatic carbocycles. The van der Waals surface area contributed by atoms with E-state index in [1.807, 2.05) is 24.3 Å². The molecule has 0 fully saturated rings. The van der Waals surface area contributed by atoms with Crippen molar-refractivity contribution < 1.29 is 9.18 Å². The Kier molecular flexibility index (Phi) is 3.56. The molecule has 92 valence electrons. The minimum absolute atomic E-state index is 0.120. The summed E-state index contributed by atoms with van der Waals surface area (Å²) in [5.41, 5.74) is 2.85. The van der Waals surface area contributed by atoms with Gasteiger partial charge in [-0.15, -0.1) is 0 Å². The Hall–Kier alpha value is -1.96. The molecule has 18 heavy (non-hydrogen) atoms. The van der Waals surface area contributed by atoms with Crippen molar-refractivity contribution in [2.45, 2.75) is 19.8 Å². The fourth-order valence-corrected chi connectivity index (χ4v) is 1.96. The second-order valence-electron chi connectivity index (χ2n) is 4.60. The van der Waals surface area contributed by atoms with Crippen LogP contribution in [0.3, 0.4) is 0 Å². The maximum Gasteiger partial charge on any atom is 0.153 e. The maximum atomic E-state index is 13.5. The van der Waals surface area contributed by atoms with E-state index in [4.69, 9.17) is 0 Å². The highest BCUT2D eigenvalue weighted by atomic mass is 19.1. The fourth-order valence-electron chi connectivity index (χ4n) is 1.96. The van der Waals surface area contributed by atoms with Crippen LogP contribution in [0.15, 0.2) is 42.5 Å². The first kappa shape index (κ1) is 12.5. The summed E-state index contributed by atoms with van der Waals surface area (Å²) in [5, 5.41) is 0. The van der Waals surface area contributed by atoms with Gasteiger partial charge in [0.15, 0.2) is 6.29 Å². The molecule has 2 aromatic rings. The van der Waals surface area contributed by atoms with Gasteiger partial charge in [0.05, 0.1) is 5.56 Å². The van der Waals surface area contributed by atoms with Gasteiger partial charge in [-0.2, -0.15) is 0 Å². The lowest BCUT2D eigenvalue weighted by Gasteiger charge is -2.09. The second-order valence-corrected chi connectivity index (χ2v) is 4.60. The summed E-state index contributed by atoms with van der Waals surface area (Å²) in [4.78, 5) is 11.0. The van der Waals surface area contributed by atoms with Crippen molar-refractivity contribution in [3.63, 3.8) is 0 Å². The van der Waals surface area contributed by atoms with Gasteiger partial charge < -0.3 is 0 Å². The van der Waals surface area contributed by atoms with E-state index in [1.165, 1.54) is 11.6 Å². The molecule has 2 rings (SSSR count). The summed E-state index contributed by atoms with van der Waals surface area (Å²) in [6.45, 7) is 4.24. The Morgan fingerprint density at radius 1 is 1.06 bits per heavy atom. The molecule has 0 atom stereocenters. The van der Waals surface area contributed by atoms with Crippen LogP contribution in [-0.4, -0.2) is 6.29 Å². The molecule has 0 saturated carbocycles. The van der Waals surface area contributed by atoms with Crippen molar-refractivity contribution in [1.29, 1.82) is 0 Å². The molecule has 0 aromatic heterocycles. The number of benzene rings is 2. The molecular formula is C16H15FO. The highest BCUT2D eigenvalue weighted by Gasteiger charge is 2.09. The van der Waals surface area contributed by atoms with E-state index in [2.05, 4.69) is 13.8 Å². The average molecular weight is 242 g/mol. The first-order valence-corrected chi connectivity index (χ1v) is 5.97. The van der Waals surface area contributed by atoms with Crippen molar-refractivity contribution >= 4 is 6.29 Å². The van der Waals surface area contributed by atoms with Crippen molar-refractivity contribution in [2.24, 2.45) is 0 Å². The summed E-state index contributed by atoms with van der Waals surface area (Å²) >= 11 is 0. The average Bonchev–Trinajstić information content (AvgIpc) is 2.38. The van der Waals surface area contributed by atoms with Crippen molar-refractivity contribution in [1.82, 2.24) is 0 Å². The molecule has 0 heterocycles. The van der Waals surface area contributed by atoms with Crippen molar-refractivity contribution in [3.8, 4) is 11.1 Å². The standard InChI is InChI=1S/C16H15FO/c1-11(2)12-6-8-13(9-7-12)14-4-3-5-16(17)15(14)10-18/h3-11H,1-2H3. The molecule has 1 nitrogen and oxygen atoms in total. The molecule has 0 aliphatic rings. The van der Waals surface area contributed by atoms with Crippen LogP contribution in [0, 0.1) is 5.82 Å². The van der Waals surface area contributed by atoms with Gasteiger partial charge in [-0.3, -0.25) is 4.79 Å². The number of carbonyl (C=O) groups is 1. The molecule has 2 aromatic carbocycles. The third-order valence-electron chi connectivity index (χ3n) is 3.06. The van der Waals surface area contributed by atoms with Gasteiger partial charge in [-0.25, -0.2) is 4.39 Å². The lowest BCUT2D eigenvalue weighted by Crippen LogP contribution is -1.93. The number of aldehydes is 1. The highest BCUT2D eigenvalue weighted by Crippen LogP contribution is 2.26. The van der Waals surface area contributed by atoms with Crippen LogP contribution >= 0.6 is 0 Å². The maximum absolute atomic E-state index is 13.5. The summed E-state index contributed by atoms with van der Waals surface area (Å²) in [6.07, 6.45) is 0.570. The van der Waals surface area contributed by atoms with Gasteiger partial charge in [0.1, 0.15) is 5.82 Å².